The summed E-state index contributed by atoms with van der Waals surface area (Å²) in [6, 6.07) is 0. The van der Waals surface area contributed by atoms with E-state index in [0.29, 0.717) is 0 Å². The van der Waals surface area contributed by atoms with E-state index < -0.39 is 11.9 Å². The number of ether oxygens (including phenoxy) is 2. The van der Waals surface area contributed by atoms with Crippen LogP contribution in [0, 0.1) is 0 Å². The Morgan fingerprint density at radius 3 is 0.913 bits per heavy atom. The summed E-state index contributed by atoms with van der Waals surface area (Å²) < 4.78 is 8.95. The minimum Gasteiger partial charge on any atom is -0.462 e. The van der Waals surface area contributed by atoms with Crippen LogP contribution in [-0.2, 0) is 55.4 Å². The Labute approximate surface area is 189 Å². The van der Waals surface area contributed by atoms with Crippen LogP contribution in [0.25, 0.3) is 0 Å². The van der Waals surface area contributed by atoms with E-state index in [-0.39, 0.29) is 101 Å². The number of carbonyl (C=O) groups is 4. The summed E-state index contributed by atoms with van der Waals surface area (Å²) in [5.41, 5.74) is 0. The van der Waals surface area contributed by atoms with Gasteiger partial charge in [-0.05, 0) is 0 Å². The fourth-order valence-electron chi connectivity index (χ4n) is 0.371. The Morgan fingerprint density at radius 2 is 0.826 bits per heavy atom. The molecule has 0 aliphatic rings. The molecule has 13 heteroatoms. The summed E-state index contributed by atoms with van der Waals surface area (Å²) in [7, 11) is 0. The largest absolute Gasteiger partial charge is 0.462 e. The van der Waals surface area contributed by atoms with Crippen molar-refractivity contribution >= 4 is 83.0 Å². The van der Waals surface area contributed by atoms with Crippen molar-refractivity contribution in [2.75, 3.05) is 13.2 Å². The Hall–Kier alpha value is 0.319. The zero-order valence-electron chi connectivity index (χ0n) is 14.2. The maximum Gasteiger partial charge on any atom is 0.321 e. The first-order valence-corrected chi connectivity index (χ1v) is 5.18. The van der Waals surface area contributed by atoms with Crippen molar-refractivity contribution in [1.82, 2.24) is 0 Å². The van der Waals surface area contributed by atoms with Crippen LogP contribution in [0.1, 0.15) is 27.7 Å². The van der Waals surface area contributed by atoms with Crippen molar-refractivity contribution in [2.24, 2.45) is 11.8 Å². The van der Waals surface area contributed by atoms with Gasteiger partial charge in [0.15, 0.2) is 0 Å². The summed E-state index contributed by atoms with van der Waals surface area (Å²) in [5, 5.41) is 0. The average molecular weight is 397 g/mol. The van der Waals surface area contributed by atoms with Crippen LogP contribution in [0.15, 0.2) is 0 Å². The van der Waals surface area contributed by atoms with Gasteiger partial charge in [-0.2, -0.15) is 11.8 Å². The zero-order chi connectivity index (χ0) is 16.6. The quantitative estimate of drug-likeness (QED) is 0.241. The van der Waals surface area contributed by atoms with Gasteiger partial charge < -0.3 is 19.1 Å². The van der Waals surface area contributed by atoms with Crippen LogP contribution in [0.5, 0.6) is 0 Å². The molecule has 0 saturated heterocycles. The van der Waals surface area contributed by atoms with E-state index >= 15 is 0 Å². The summed E-state index contributed by atoms with van der Waals surface area (Å²) in [6.45, 7) is 5.34. The minimum absolute atomic E-state index is 0. The molecule has 0 amide bonds. The molecule has 0 unspecified atom stereocenters. The van der Waals surface area contributed by atoms with Crippen LogP contribution in [0.2, 0.25) is 0 Å². The van der Waals surface area contributed by atoms with Crippen LogP contribution in [-0.4, -0.2) is 96.2 Å². The molecule has 3 radical (unpaired) electrons. The predicted molar refractivity (Wildman–Crippen MR) is 76.7 cm³/mol. The maximum absolute atomic E-state index is 10.1. The standard InChI is InChI=1S/C6H10O4.2C2H5NO2.Mn.2Na/c1-5(7)9-3-4-10-6(2)8;2*1-2(4)5-3;;;/h3-4H2,1-2H3;2*3H2,1H3;;;. The van der Waals surface area contributed by atoms with Gasteiger partial charge in [0.1, 0.15) is 13.2 Å². The number of hydrogen-bond donors (Lipinski definition) is 2. The molecular weight excluding hydrogens is 377 g/mol. The third-order valence-electron chi connectivity index (χ3n) is 1.03. The molecule has 0 aromatic heterocycles. The van der Waals surface area contributed by atoms with Crippen molar-refractivity contribution in [3.05, 3.63) is 0 Å². The second kappa shape index (κ2) is 30.2. The van der Waals surface area contributed by atoms with Gasteiger partial charge in [-0.25, -0.2) is 0 Å². The second-order valence-electron chi connectivity index (χ2n) is 2.90. The van der Waals surface area contributed by atoms with Crippen LogP contribution in [0.3, 0.4) is 0 Å². The summed E-state index contributed by atoms with van der Waals surface area (Å²) in [6.07, 6.45) is 0. The summed E-state index contributed by atoms with van der Waals surface area (Å²) in [4.78, 5) is 46.4. The van der Waals surface area contributed by atoms with E-state index in [2.05, 4.69) is 30.9 Å². The van der Waals surface area contributed by atoms with Gasteiger partial charge in [0.05, 0.1) is 0 Å². The molecule has 0 spiro atoms. The molecule has 0 aromatic rings. The fraction of sp³-hybridized carbons (Fsp3) is 0.600. The van der Waals surface area contributed by atoms with Gasteiger partial charge in [0, 0.05) is 104 Å². The molecule has 0 rings (SSSR count). The minimum atomic E-state index is -0.468. The topological polar surface area (TPSA) is 157 Å². The maximum atomic E-state index is 10.1. The van der Waals surface area contributed by atoms with Crippen molar-refractivity contribution in [3.63, 3.8) is 0 Å². The molecule has 0 bridgehead atoms. The number of rotatable bonds is 3. The third kappa shape index (κ3) is 71.9. The van der Waals surface area contributed by atoms with E-state index in [1.165, 1.54) is 27.7 Å². The van der Waals surface area contributed by atoms with Crippen LogP contribution >= 0.6 is 0 Å². The van der Waals surface area contributed by atoms with Crippen molar-refractivity contribution < 1.29 is 55.4 Å². The molecular formula is C10H20MnN2Na2O8. The molecule has 4 N–H and O–H groups in total. The fourth-order valence-corrected chi connectivity index (χ4v) is 0.371. The number of carbonyl (C=O) groups excluding carboxylic acids is 4. The van der Waals surface area contributed by atoms with E-state index in [1.807, 2.05) is 0 Å². The SMILES string of the molecule is CC(=O)OCCOC(C)=O.CC(=O)ON.CC(=O)ON.[Mn].[Na].[Na]. The Bertz CT molecular complexity index is 291. The first kappa shape index (κ1) is 38.7. The normalized spacial score (nSPS) is 6.70. The summed E-state index contributed by atoms with van der Waals surface area (Å²) >= 11 is 0. The molecule has 10 nitrogen and oxygen atoms in total. The molecule has 0 fully saturated rings. The van der Waals surface area contributed by atoms with Crippen molar-refractivity contribution in [2.45, 2.75) is 27.7 Å². The van der Waals surface area contributed by atoms with E-state index in [0.717, 1.165) is 0 Å². The van der Waals surface area contributed by atoms with Gasteiger partial charge in [-0.15, -0.1) is 0 Å². The van der Waals surface area contributed by atoms with Gasteiger partial charge in [0.25, 0.3) is 0 Å². The molecule has 127 valence electrons. The van der Waals surface area contributed by atoms with E-state index in [4.69, 9.17) is 0 Å². The molecule has 0 aromatic carbocycles. The first-order valence-electron chi connectivity index (χ1n) is 5.18. The molecule has 23 heavy (non-hydrogen) atoms. The van der Waals surface area contributed by atoms with Gasteiger partial charge in [-0.3, -0.25) is 19.2 Å². The van der Waals surface area contributed by atoms with Crippen LogP contribution < -0.4 is 11.8 Å². The predicted octanol–water partition coefficient (Wildman–Crippen LogP) is -1.81. The smallest absolute Gasteiger partial charge is 0.321 e. The van der Waals surface area contributed by atoms with E-state index in [1.54, 1.807) is 0 Å². The number of esters is 2. The number of hydrogen-bond acceptors (Lipinski definition) is 10. The van der Waals surface area contributed by atoms with Crippen LogP contribution in [0.4, 0.5) is 0 Å². The Balaban J connectivity index is -0.0000000483. The van der Waals surface area contributed by atoms with Crippen molar-refractivity contribution in [3.8, 4) is 0 Å². The molecule has 0 aliphatic carbocycles. The molecule has 0 saturated carbocycles. The third-order valence-corrected chi connectivity index (χ3v) is 1.03. The Kier molecular flexibility index (Phi) is 50.9. The van der Waals surface area contributed by atoms with Crippen molar-refractivity contribution in [1.29, 1.82) is 0 Å². The monoisotopic (exact) mass is 397 g/mol. The second-order valence-corrected chi connectivity index (χ2v) is 2.90. The summed E-state index contributed by atoms with van der Waals surface area (Å²) in [5.74, 6) is 6.97. The Morgan fingerprint density at radius 1 is 0.652 bits per heavy atom. The molecule has 0 aliphatic heterocycles. The zero-order valence-corrected chi connectivity index (χ0v) is 19.4. The average Bonchev–Trinajstić information content (AvgIpc) is 2.35. The molecule has 0 heterocycles. The van der Waals surface area contributed by atoms with Gasteiger partial charge >= 0.3 is 23.9 Å². The van der Waals surface area contributed by atoms with Gasteiger partial charge in [-0.1, -0.05) is 0 Å². The number of nitrogens with two attached hydrogens (primary N) is 2. The molecule has 0 atom stereocenters. The van der Waals surface area contributed by atoms with E-state index in [9.17, 15) is 19.2 Å². The first-order chi connectivity index (χ1) is 9.17. The van der Waals surface area contributed by atoms with Gasteiger partial charge in [0.2, 0.25) is 0 Å².